The summed E-state index contributed by atoms with van der Waals surface area (Å²) in [6.45, 7) is 3.89. The first-order chi connectivity index (χ1) is 9.49. The molecule has 0 aliphatic carbocycles. The van der Waals surface area contributed by atoms with E-state index in [-0.39, 0.29) is 16.6 Å². The molecule has 0 saturated heterocycles. The molecule has 1 aromatic carbocycles. The van der Waals surface area contributed by atoms with E-state index in [2.05, 4.69) is 15.3 Å². The largest absolute Gasteiger partial charge is 0.319 e. The molecule has 0 atom stereocenters. The average Bonchev–Trinajstić information content (AvgIpc) is 2.41. The third-order valence-electron chi connectivity index (χ3n) is 2.62. The number of nitrogens with zero attached hydrogens (tertiary/aromatic N) is 2. The summed E-state index contributed by atoms with van der Waals surface area (Å²) in [5, 5.41) is 3.35. The van der Waals surface area contributed by atoms with Crippen molar-refractivity contribution in [2.45, 2.75) is 19.8 Å². The Balaban J connectivity index is 2.30. The van der Waals surface area contributed by atoms with Crippen LogP contribution in [0, 0.1) is 0 Å². The van der Waals surface area contributed by atoms with Gasteiger partial charge < -0.3 is 5.32 Å². The average molecular weight is 310 g/mol. The van der Waals surface area contributed by atoms with Crippen LogP contribution in [0.25, 0.3) is 0 Å². The van der Waals surface area contributed by atoms with Crippen molar-refractivity contribution in [1.82, 2.24) is 9.97 Å². The highest BCUT2D eigenvalue weighted by atomic mass is 35.5. The maximum atomic E-state index is 12.2. The predicted octanol–water partition coefficient (Wildman–Crippen LogP) is 4.16. The first-order valence-electron chi connectivity index (χ1n) is 6.07. The molecule has 0 fully saturated rings. The summed E-state index contributed by atoms with van der Waals surface area (Å²) in [7, 11) is 0. The molecule has 2 aromatic rings. The van der Waals surface area contributed by atoms with Gasteiger partial charge in [0, 0.05) is 5.92 Å². The molecule has 1 heterocycles. The third kappa shape index (κ3) is 3.26. The van der Waals surface area contributed by atoms with Gasteiger partial charge in [0.25, 0.3) is 5.91 Å². The van der Waals surface area contributed by atoms with Gasteiger partial charge in [0.2, 0.25) is 0 Å². The molecule has 0 aliphatic rings. The number of hydrogen-bond acceptors (Lipinski definition) is 3. The normalized spacial score (nSPS) is 10.7. The van der Waals surface area contributed by atoms with Crippen molar-refractivity contribution in [2.75, 3.05) is 5.32 Å². The predicted molar refractivity (Wildman–Crippen MR) is 80.5 cm³/mol. The second-order valence-corrected chi connectivity index (χ2v) is 5.33. The smallest absolute Gasteiger partial charge is 0.275 e. The lowest BCUT2D eigenvalue weighted by atomic mass is 10.2. The molecule has 20 heavy (non-hydrogen) atoms. The summed E-state index contributed by atoms with van der Waals surface area (Å²) in [6.07, 6.45) is 1.44. The maximum absolute atomic E-state index is 12.2. The van der Waals surface area contributed by atoms with E-state index in [9.17, 15) is 4.79 Å². The van der Waals surface area contributed by atoms with E-state index in [1.54, 1.807) is 24.3 Å². The highest BCUT2D eigenvalue weighted by molar-refractivity contribution is 6.35. The van der Waals surface area contributed by atoms with Crippen LogP contribution in [0.5, 0.6) is 0 Å². The molecular weight excluding hydrogens is 297 g/mol. The molecular formula is C14H13Cl2N3O. The van der Waals surface area contributed by atoms with Crippen molar-refractivity contribution in [3.8, 4) is 0 Å². The van der Waals surface area contributed by atoms with E-state index in [1.807, 2.05) is 13.8 Å². The number of para-hydroxylation sites is 1. The van der Waals surface area contributed by atoms with Crippen LogP contribution in [0.4, 0.5) is 5.69 Å². The Labute approximate surface area is 127 Å². The number of amides is 1. The third-order valence-corrected chi connectivity index (χ3v) is 3.22. The van der Waals surface area contributed by atoms with Crippen molar-refractivity contribution in [2.24, 2.45) is 0 Å². The van der Waals surface area contributed by atoms with Crippen molar-refractivity contribution >= 4 is 34.8 Å². The van der Waals surface area contributed by atoms with Gasteiger partial charge in [0.15, 0.2) is 5.69 Å². The molecule has 0 aliphatic heterocycles. The van der Waals surface area contributed by atoms with Gasteiger partial charge in [-0.3, -0.25) is 4.79 Å². The molecule has 0 unspecified atom stereocenters. The summed E-state index contributed by atoms with van der Waals surface area (Å²) in [5.74, 6) is 0.269. The fourth-order valence-electron chi connectivity index (χ4n) is 1.56. The summed E-state index contributed by atoms with van der Waals surface area (Å²) in [4.78, 5) is 20.5. The number of aromatic nitrogens is 2. The zero-order valence-electron chi connectivity index (χ0n) is 11.0. The van der Waals surface area contributed by atoms with Crippen LogP contribution < -0.4 is 5.32 Å². The number of hydrogen-bond donors (Lipinski definition) is 1. The summed E-state index contributed by atoms with van der Waals surface area (Å²) in [5.41, 5.74) is 0.658. The van der Waals surface area contributed by atoms with Crippen LogP contribution in [0.15, 0.2) is 30.5 Å². The summed E-state index contributed by atoms with van der Waals surface area (Å²) >= 11 is 12.0. The second-order valence-electron chi connectivity index (χ2n) is 4.51. The highest BCUT2D eigenvalue weighted by Crippen LogP contribution is 2.22. The lowest BCUT2D eigenvalue weighted by Gasteiger charge is -2.09. The molecule has 1 amide bonds. The minimum Gasteiger partial charge on any atom is -0.319 e. The van der Waals surface area contributed by atoms with Crippen LogP contribution >= 0.6 is 23.2 Å². The quantitative estimate of drug-likeness (QED) is 0.926. The first kappa shape index (κ1) is 14.8. The van der Waals surface area contributed by atoms with E-state index in [0.29, 0.717) is 16.5 Å². The van der Waals surface area contributed by atoms with Gasteiger partial charge in [-0.25, -0.2) is 9.97 Å². The molecule has 0 radical (unpaired) electrons. The van der Waals surface area contributed by atoms with Gasteiger partial charge in [0.05, 0.1) is 21.9 Å². The molecule has 2 rings (SSSR count). The number of carbonyl (C=O) groups excluding carboxylic acids is 1. The summed E-state index contributed by atoms with van der Waals surface area (Å²) in [6, 6.07) is 6.96. The van der Waals surface area contributed by atoms with Gasteiger partial charge in [-0.2, -0.15) is 0 Å². The van der Waals surface area contributed by atoms with Gasteiger partial charge >= 0.3 is 0 Å². The Kier molecular flexibility index (Phi) is 4.57. The number of nitrogens with one attached hydrogen (secondary N) is 1. The minimum atomic E-state index is -0.410. The topological polar surface area (TPSA) is 54.9 Å². The molecule has 6 heteroatoms. The second kappa shape index (κ2) is 6.20. The molecule has 0 spiro atoms. The number of rotatable bonds is 3. The standard InChI is InChI=1S/C14H13Cl2N3O/c1-8(2)13-17-7-10(16)12(19-13)14(20)18-11-6-4-3-5-9(11)15/h3-8H,1-2H3,(H,18,20). The van der Waals surface area contributed by atoms with E-state index in [1.165, 1.54) is 6.20 Å². The molecule has 1 N–H and O–H groups in total. The van der Waals surface area contributed by atoms with E-state index in [0.717, 1.165) is 0 Å². The first-order valence-corrected chi connectivity index (χ1v) is 6.83. The van der Waals surface area contributed by atoms with E-state index >= 15 is 0 Å². The van der Waals surface area contributed by atoms with Crippen molar-refractivity contribution in [3.05, 3.63) is 52.0 Å². The van der Waals surface area contributed by atoms with Gasteiger partial charge in [-0.05, 0) is 12.1 Å². The number of benzene rings is 1. The number of halogens is 2. The summed E-state index contributed by atoms with van der Waals surface area (Å²) < 4.78 is 0. The van der Waals surface area contributed by atoms with Gasteiger partial charge in [-0.15, -0.1) is 0 Å². The Hall–Kier alpha value is -1.65. The van der Waals surface area contributed by atoms with Crippen LogP contribution in [-0.4, -0.2) is 15.9 Å². The van der Waals surface area contributed by atoms with Gasteiger partial charge in [-0.1, -0.05) is 49.2 Å². The van der Waals surface area contributed by atoms with Crippen molar-refractivity contribution < 1.29 is 4.79 Å². The van der Waals surface area contributed by atoms with Crippen LogP contribution in [0.2, 0.25) is 10.0 Å². The lowest BCUT2D eigenvalue weighted by Crippen LogP contribution is -2.16. The lowest BCUT2D eigenvalue weighted by molar-refractivity contribution is 0.102. The van der Waals surface area contributed by atoms with E-state index in [4.69, 9.17) is 23.2 Å². The maximum Gasteiger partial charge on any atom is 0.275 e. The van der Waals surface area contributed by atoms with E-state index < -0.39 is 5.91 Å². The Morgan fingerprint density at radius 3 is 2.55 bits per heavy atom. The Morgan fingerprint density at radius 2 is 1.90 bits per heavy atom. The molecule has 4 nitrogen and oxygen atoms in total. The molecule has 0 bridgehead atoms. The Bertz CT molecular complexity index is 644. The van der Waals surface area contributed by atoms with Crippen molar-refractivity contribution in [3.63, 3.8) is 0 Å². The van der Waals surface area contributed by atoms with Crippen LogP contribution in [0.1, 0.15) is 36.1 Å². The fraction of sp³-hybridized carbons (Fsp3) is 0.214. The molecule has 104 valence electrons. The Morgan fingerprint density at radius 1 is 1.20 bits per heavy atom. The zero-order valence-corrected chi connectivity index (χ0v) is 12.5. The zero-order chi connectivity index (χ0) is 14.7. The van der Waals surface area contributed by atoms with Crippen molar-refractivity contribution in [1.29, 1.82) is 0 Å². The van der Waals surface area contributed by atoms with Crippen LogP contribution in [0.3, 0.4) is 0 Å². The number of carbonyl (C=O) groups is 1. The number of anilines is 1. The molecule has 1 aromatic heterocycles. The highest BCUT2D eigenvalue weighted by Gasteiger charge is 2.16. The monoisotopic (exact) mass is 309 g/mol. The minimum absolute atomic E-state index is 0.110. The molecule has 0 saturated carbocycles. The fourth-order valence-corrected chi connectivity index (χ4v) is 1.92. The van der Waals surface area contributed by atoms with Crippen LogP contribution in [-0.2, 0) is 0 Å². The SMILES string of the molecule is CC(C)c1ncc(Cl)c(C(=O)Nc2ccccc2Cl)n1. The van der Waals surface area contributed by atoms with Gasteiger partial charge in [0.1, 0.15) is 5.82 Å².